The van der Waals surface area contributed by atoms with Crippen molar-refractivity contribution in [1.29, 1.82) is 0 Å². The summed E-state index contributed by atoms with van der Waals surface area (Å²) in [4.78, 5) is 24.9. The highest BCUT2D eigenvalue weighted by Gasteiger charge is 2.46. The van der Waals surface area contributed by atoms with Crippen molar-refractivity contribution in [2.45, 2.75) is 103 Å². The highest BCUT2D eigenvalue weighted by atomic mass is 31.2. The molecule has 0 spiro atoms. The van der Waals surface area contributed by atoms with Gasteiger partial charge in [0.2, 0.25) is 0 Å². The lowest BCUT2D eigenvalue weighted by Crippen LogP contribution is -2.43. The molecular weight excluding hydrogens is 405 g/mol. The second-order valence-corrected chi connectivity index (χ2v) is 9.38. The van der Waals surface area contributed by atoms with E-state index in [1.807, 2.05) is 27.7 Å². The van der Waals surface area contributed by atoms with E-state index >= 15 is 0 Å². The molecule has 8 unspecified atom stereocenters. The van der Waals surface area contributed by atoms with Gasteiger partial charge in [0.15, 0.2) is 6.10 Å². The molecule has 2 saturated heterocycles. The number of carbonyl (C=O) groups is 1. The SMILES string of the molecule is CC(C)OCC1OC(C)C(N)C1OP(=O)([O-])OC(=O)C1OC(C)CC1OC(C)C. The van der Waals surface area contributed by atoms with E-state index in [1.165, 1.54) is 0 Å². The molecule has 2 rings (SSSR count). The molecule has 0 amide bonds. The van der Waals surface area contributed by atoms with E-state index in [0.29, 0.717) is 6.42 Å². The summed E-state index contributed by atoms with van der Waals surface area (Å²) >= 11 is 0. The molecule has 0 aromatic rings. The molecule has 11 heteroatoms. The first-order chi connectivity index (χ1) is 13.4. The zero-order valence-electron chi connectivity index (χ0n) is 17.8. The van der Waals surface area contributed by atoms with Gasteiger partial charge in [-0.15, -0.1) is 0 Å². The van der Waals surface area contributed by atoms with Gasteiger partial charge in [-0.1, -0.05) is 0 Å². The van der Waals surface area contributed by atoms with Gasteiger partial charge in [0.05, 0.1) is 43.2 Å². The van der Waals surface area contributed by atoms with Crippen LogP contribution in [0.25, 0.3) is 0 Å². The first-order valence-electron chi connectivity index (χ1n) is 9.96. The minimum atomic E-state index is -5.03. The fourth-order valence-electron chi connectivity index (χ4n) is 3.38. The van der Waals surface area contributed by atoms with Crippen LogP contribution in [-0.4, -0.2) is 67.4 Å². The molecule has 2 fully saturated rings. The number of rotatable bonds is 9. The van der Waals surface area contributed by atoms with Gasteiger partial charge >= 0.3 is 13.8 Å². The molecule has 0 radical (unpaired) electrons. The van der Waals surface area contributed by atoms with Gasteiger partial charge in [0.25, 0.3) is 0 Å². The summed E-state index contributed by atoms with van der Waals surface area (Å²) in [5, 5.41) is 0. The Bertz CT molecular complexity index is 602. The highest BCUT2D eigenvalue weighted by molar-refractivity contribution is 7.46. The molecule has 170 valence electrons. The molecule has 0 aromatic carbocycles. The Balaban J connectivity index is 2.01. The zero-order valence-corrected chi connectivity index (χ0v) is 18.7. The Morgan fingerprint density at radius 1 is 1.21 bits per heavy atom. The van der Waals surface area contributed by atoms with Gasteiger partial charge in [0.1, 0.15) is 12.2 Å². The summed E-state index contributed by atoms with van der Waals surface area (Å²) < 4.78 is 44.5. The lowest BCUT2D eigenvalue weighted by molar-refractivity contribution is -0.233. The van der Waals surface area contributed by atoms with E-state index in [-0.39, 0.29) is 24.9 Å². The standard InChI is InChI=1S/C18H34NO9P/c1-9(2)23-8-14-16(15(19)12(6)26-14)27-29(21,22)28-18(20)17-13(24-10(3)4)7-11(5)25-17/h9-17H,7-8,19H2,1-6H3,(H,21,22)/p-1. The Morgan fingerprint density at radius 3 is 2.45 bits per heavy atom. The lowest BCUT2D eigenvalue weighted by atomic mass is 10.1. The molecule has 29 heavy (non-hydrogen) atoms. The molecule has 0 aliphatic carbocycles. The van der Waals surface area contributed by atoms with Gasteiger partial charge in [-0.25, -0.2) is 4.79 Å². The molecule has 0 saturated carbocycles. The molecule has 2 heterocycles. The number of ether oxygens (including phenoxy) is 4. The minimum Gasteiger partial charge on any atom is -0.746 e. The third-order valence-corrected chi connectivity index (χ3v) is 5.59. The van der Waals surface area contributed by atoms with Crippen LogP contribution in [0.5, 0.6) is 0 Å². The Hall–Kier alpha value is -0.580. The molecule has 10 nitrogen and oxygen atoms in total. The van der Waals surface area contributed by atoms with E-state index in [4.69, 9.17) is 29.2 Å². The summed E-state index contributed by atoms with van der Waals surface area (Å²) in [5.41, 5.74) is 6.02. The van der Waals surface area contributed by atoms with Gasteiger partial charge in [-0.05, 0) is 41.5 Å². The van der Waals surface area contributed by atoms with Crippen molar-refractivity contribution in [3.05, 3.63) is 0 Å². The Kier molecular flexibility index (Phi) is 8.64. The molecule has 2 aliphatic rings. The van der Waals surface area contributed by atoms with Crippen LogP contribution in [-0.2, 0) is 37.4 Å². The number of phosphoric acid groups is 1. The summed E-state index contributed by atoms with van der Waals surface area (Å²) in [6.07, 6.45) is -3.98. The molecular formula is C18H33NO9P-. The maximum absolute atomic E-state index is 12.4. The quantitative estimate of drug-likeness (QED) is 0.516. The van der Waals surface area contributed by atoms with Crippen molar-refractivity contribution in [2.75, 3.05) is 6.61 Å². The van der Waals surface area contributed by atoms with Gasteiger partial charge in [-0.2, -0.15) is 0 Å². The summed E-state index contributed by atoms with van der Waals surface area (Å²) in [6.45, 7) is 10.9. The summed E-state index contributed by atoms with van der Waals surface area (Å²) in [6, 6.07) is -0.725. The molecule has 2 N–H and O–H groups in total. The van der Waals surface area contributed by atoms with E-state index in [0.717, 1.165) is 0 Å². The van der Waals surface area contributed by atoms with Crippen LogP contribution in [0.4, 0.5) is 0 Å². The lowest BCUT2D eigenvalue weighted by Gasteiger charge is -2.30. The molecule has 8 atom stereocenters. The van der Waals surface area contributed by atoms with E-state index in [1.54, 1.807) is 13.8 Å². The Labute approximate surface area is 171 Å². The maximum Gasteiger partial charge on any atom is 0.343 e. The van der Waals surface area contributed by atoms with Crippen molar-refractivity contribution in [3.8, 4) is 0 Å². The number of hydrogen-bond acceptors (Lipinski definition) is 10. The first kappa shape index (κ1) is 24.7. The number of hydrogen-bond donors (Lipinski definition) is 1. The number of nitrogens with two attached hydrogens (primary N) is 1. The smallest absolute Gasteiger partial charge is 0.343 e. The predicted molar refractivity (Wildman–Crippen MR) is 101 cm³/mol. The highest BCUT2D eigenvalue weighted by Crippen LogP contribution is 2.44. The normalized spacial score (nSPS) is 37.2. The average molecular weight is 438 g/mol. The largest absolute Gasteiger partial charge is 0.746 e. The van der Waals surface area contributed by atoms with Crippen molar-refractivity contribution in [3.63, 3.8) is 0 Å². The van der Waals surface area contributed by atoms with Crippen LogP contribution >= 0.6 is 7.82 Å². The van der Waals surface area contributed by atoms with Crippen molar-refractivity contribution in [2.24, 2.45) is 5.73 Å². The minimum absolute atomic E-state index is 0.0809. The topological polar surface area (TPSA) is 139 Å². The molecule has 0 bridgehead atoms. The second kappa shape index (κ2) is 10.2. The average Bonchev–Trinajstić information content (AvgIpc) is 3.06. The first-order valence-corrected chi connectivity index (χ1v) is 11.4. The van der Waals surface area contributed by atoms with Crippen molar-refractivity contribution >= 4 is 13.8 Å². The van der Waals surface area contributed by atoms with Crippen molar-refractivity contribution < 1.29 is 42.2 Å². The van der Waals surface area contributed by atoms with Crippen LogP contribution in [0.1, 0.15) is 48.0 Å². The summed E-state index contributed by atoms with van der Waals surface area (Å²) in [7, 11) is -5.03. The monoisotopic (exact) mass is 438 g/mol. The predicted octanol–water partition coefficient (Wildman–Crippen LogP) is 0.894. The molecule has 2 aliphatic heterocycles. The van der Waals surface area contributed by atoms with E-state index < -0.39 is 50.4 Å². The molecule has 0 aromatic heterocycles. The van der Waals surface area contributed by atoms with Crippen LogP contribution in [0.2, 0.25) is 0 Å². The zero-order chi connectivity index (χ0) is 21.9. The van der Waals surface area contributed by atoms with Crippen LogP contribution in [0, 0.1) is 0 Å². The van der Waals surface area contributed by atoms with Gasteiger partial charge in [0, 0.05) is 6.42 Å². The van der Waals surface area contributed by atoms with Gasteiger partial charge < -0.3 is 38.6 Å². The van der Waals surface area contributed by atoms with Gasteiger partial charge in [-0.3, -0.25) is 4.57 Å². The Morgan fingerprint density at radius 2 is 1.86 bits per heavy atom. The van der Waals surface area contributed by atoms with Crippen molar-refractivity contribution in [1.82, 2.24) is 0 Å². The fraction of sp³-hybridized carbons (Fsp3) is 0.944. The van der Waals surface area contributed by atoms with E-state index in [9.17, 15) is 14.3 Å². The van der Waals surface area contributed by atoms with E-state index in [2.05, 4.69) is 4.52 Å². The third kappa shape index (κ3) is 6.97. The van der Waals surface area contributed by atoms with Crippen LogP contribution in [0.3, 0.4) is 0 Å². The van der Waals surface area contributed by atoms with Crippen LogP contribution < -0.4 is 10.6 Å². The third-order valence-electron chi connectivity index (χ3n) is 4.68. The van der Waals surface area contributed by atoms with Crippen LogP contribution in [0.15, 0.2) is 0 Å². The maximum atomic E-state index is 12.4. The number of carbonyl (C=O) groups excluding carboxylic acids is 1. The fourth-order valence-corrected chi connectivity index (χ4v) is 4.32. The second-order valence-electron chi connectivity index (χ2n) is 8.09. The number of phosphoric ester groups is 1. The summed E-state index contributed by atoms with van der Waals surface area (Å²) in [5.74, 6) is -1.08.